The maximum Gasteiger partial charge on any atom is 0.237 e. The Morgan fingerprint density at radius 1 is 1.50 bits per heavy atom. The van der Waals surface area contributed by atoms with Gasteiger partial charge in [0.2, 0.25) is 5.91 Å². The summed E-state index contributed by atoms with van der Waals surface area (Å²) in [6, 6.07) is 8.58. The Hall–Kier alpha value is -1.00. The maximum atomic E-state index is 12.1. The van der Waals surface area contributed by atoms with Gasteiger partial charge in [-0.15, -0.1) is 0 Å². The summed E-state index contributed by atoms with van der Waals surface area (Å²) in [4.78, 5) is 12.1. The fourth-order valence-electron chi connectivity index (χ4n) is 3.41. The molecule has 3 nitrogen and oxygen atoms in total. The van der Waals surface area contributed by atoms with Gasteiger partial charge in [0.15, 0.2) is 0 Å². The molecule has 2 aliphatic rings. The van der Waals surface area contributed by atoms with Crippen molar-refractivity contribution < 1.29 is 4.79 Å². The molecule has 4 atom stereocenters. The summed E-state index contributed by atoms with van der Waals surface area (Å²) in [5.74, 6) is 2.11. The molecule has 0 bridgehead atoms. The number of thioether (sulfide) groups is 1. The fourth-order valence-corrected chi connectivity index (χ4v) is 3.90. The fraction of sp³-hybridized carbons (Fsp3) is 0.562. The number of aryl methyl sites for hydroxylation is 1. The zero-order valence-electron chi connectivity index (χ0n) is 11.8. The molecule has 20 heavy (non-hydrogen) atoms. The van der Waals surface area contributed by atoms with Gasteiger partial charge in [-0.2, -0.15) is 11.8 Å². The third-order valence-electron chi connectivity index (χ3n) is 4.61. The van der Waals surface area contributed by atoms with Crippen LogP contribution >= 0.6 is 11.8 Å². The van der Waals surface area contributed by atoms with E-state index in [-0.39, 0.29) is 11.9 Å². The lowest BCUT2D eigenvalue weighted by atomic mass is 9.92. The molecule has 1 saturated carbocycles. The number of benzene rings is 1. The zero-order valence-corrected chi connectivity index (χ0v) is 12.7. The summed E-state index contributed by atoms with van der Waals surface area (Å²) in [6.45, 7) is 0. The average Bonchev–Trinajstić information content (AvgIpc) is 3.18. The van der Waals surface area contributed by atoms with Gasteiger partial charge < -0.3 is 11.1 Å². The van der Waals surface area contributed by atoms with E-state index in [0.29, 0.717) is 17.9 Å². The molecule has 0 spiro atoms. The molecule has 0 aromatic heterocycles. The minimum Gasteiger partial charge on any atom is -0.351 e. The SMILES string of the molecule is CSCCC(N)C(=O)NC1C2CCc3ccccc3C21. The highest BCUT2D eigenvalue weighted by atomic mass is 32.2. The Morgan fingerprint density at radius 2 is 2.30 bits per heavy atom. The van der Waals surface area contributed by atoms with Crippen molar-refractivity contribution in [2.24, 2.45) is 11.7 Å². The largest absolute Gasteiger partial charge is 0.351 e. The highest BCUT2D eigenvalue weighted by molar-refractivity contribution is 7.98. The number of fused-ring (bicyclic) bond motifs is 3. The Morgan fingerprint density at radius 3 is 3.10 bits per heavy atom. The van der Waals surface area contributed by atoms with E-state index in [1.165, 1.54) is 17.5 Å². The number of hydrogen-bond donors (Lipinski definition) is 2. The molecule has 2 aliphatic carbocycles. The van der Waals surface area contributed by atoms with Gasteiger partial charge in [-0.1, -0.05) is 24.3 Å². The first-order chi connectivity index (χ1) is 9.72. The molecule has 0 radical (unpaired) electrons. The number of carbonyl (C=O) groups excluding carboxylic acids is 1. The van der Waals surface area contributed by atoms with Crippen molar-refractivity contribution in [2.45, 2.75) is 37.3 Å². The van der Waals surface area contributed by atoms with E-state index in [0.717, 1.165) is 18.6 Å². The van der Waals surface area contributed by atoms with Crippen molar-refractivity contribution in [1.29, 1.82) is 0 Å². The molecule has 1 fully saturated rings. The molecule has 1 amide bonds. The standard InChI is InChI=1S/C16H22N2OS/c1-20-9-8-13(17)16(19)18-15-12-7-6-10-4-2-3-5-11(10)14(12)15/h2-5,12-15H,6-9,17H2,1H3,(H,18,19). The van der Waals surface area contributed by atoms with Crippen LogP contribution in [0.2, 0.25) is 0 Å². The Bertz CT molecular complexity index is 505. The molecule has 4 heteroatoms. The molecule has 1 aromatic rings. The Kier molecular flexibility index (Phi) is 4.03. The summed E-state index contributed by atoms with van der Waals surface area (Å²) in [6.07, 6.45) is 5.12. The topological polar surface area (TPSA) is 55.1 Å². The molecular formula is C16H22N2OS. The summed E-state index contributed by atoms with van der Waals surface area (Å²) in [7, 11) is 0. The first kappa shape index (κ1) is 14.0. The van der Waals surface area contributed by atoms with Gasteiger partial charge in [0.05, 0.1) is 6.04 Å². The van der Waals surface area contributed by atoms with Crippen LogP contribution in [0.3, 0.4) is 0 Å². The first-order valence-corrected chi connectivity index (χ1v) is 8.74. The lowest BCUT2D eigenvalue weighted by Crippen LogP contribution is -2.42. The molecule has 4 unspecified atom stereocenters. The van der Waals surface area contributed by atoms with Crippen molar-refractivity contribution in [3.8, 4) is 0 Å². The van der Waals surface area contributed by atoms with Crippen LogP contribution in [0.4, 0.5) is 0 Å². The van der Waals surface area contributed by atoms with E-state index in [1.54, 1.807) is 11.8 Å². The third-order valence-corrected chi connectivity index (χ3v) is 5.25. The quantitative estimate of drug-likeness (QED) is 0.871. The highest BCUT2D eigenvalue weighted by Gasteiger charge is 2.53. The predicted octanol–water partition coefficient (Wildman–Crippen LogP) is 1.91. The van der Waals surface area contributed by atoms with Crippen LogP contribution < -0.4 is 11.1 Å². The number of carbonyl (C=O) groups is 1. The number of hydrogen-bond acceptors (Lipinski definition) is 3. The summed E-state index contributed by atoms with van der Waals surface area (Å²) in [5, 5.41) is 3.17. The van der Waals surface area contributed by atoms with Crippen LogP contribution in [-0.2, 0) is 11.2 Å². The Labute approximate surface area is 124 Å². The van der Waals surface area contributed by atoms with Gasteiger partial charge in [0, 0.05) is 12.0 Å². The smallest absolute Gasteiger partial charge is 0.237 e. The molecular weight excluding hydrogens is 268 g/mol. The van der Waals surface area contributed by atoms with Gasteiger partial charge in [-0.3, -0.25) is 4.79 Å². The number of nitrogens with one attached hydrogen (secondary N) is 1. The van der Waals surface area contributed by atoms with E-state index in [4.69, 9.17) is 5.73 Å². The van der Waals surface area contributed by atoms with E-state index in [2.05, 4.69) is 29.6 Å². The first-order valence-electron chi connectivity index (χ1n) is 7.35. The normalized spacial score (nSPS) is 28.2. The highest BCUT2D eigenvalue weighted by Crippen LogP contribution is 2.54. The minimum atomic E-state index is -0.361. The van der Waals surface area contributed by atoms with Crippen LogP contribution in [0, 0.1) is 5.92 Å². The van der Waals surface area contributed by atoms with Gasteiger partial charge >= 0.3 is 0 Å². The minimum absolute atomic E-state index is 0.0240. The van der Waals surface area contributed by atoms with Crippen LogP contribution in [-0.4, -0.2) is 30.0 Å². The van der Waals surface area contributed by atoms with Crippen LogP contribution in [0.1, 0.15) is 29.9 Å². The lowest BCUT2D eigenvalue weighted by Gasteiger charge is -2.13. The van der Waals surface area contributed by atoms with Crippen molar-refractivity contribution in [1.82, 2.24) is 5.32 Å². The molecule has 3 N–H and O–H groups in total. The van der Waals surface area contributed by atoms with E-state index >= 15 is 0 Å². The number of nitrogens with two attached hydrogens (primary N) is 1. The van der Waals surface area contributed by atoms with Crippen molar-refractivity contribution in [3.63, 3.8) is 0 Å². The monoisotopic (exact) mass is 290 g/mol. The second-order valence-electron chi connectivity index (χ2n) is 5.85. The van der Waals surface area contributed by atoms with Crippen LogP contribution in [0.15, 0.2) is 24.3 Å². The summed E-state index contributed by atoms with van der Waals surface area (Å²) < 4.78 is 0. The zero-order chi connectivity index (χ0) is 14.1. The molecule has 1 aromatic carbocycles. The molecule has 0 saturated heterocycles. The van der Waals surface area contributed by atoms with E-state index in [9.17, 15) is 4.79 Å². The van der Waals surface area contributed by atoms with Gasteiger partial charge in [0.1, 0.15) is 0 Å². The summed E-state index contributed by atoms with van der Waals surface area (Å²) >= 11 is 1.73. The third kappa shape index (κ3) is 2.59. The molecule has 0 aliphatic heterocycles. The van der Waals surface area contributed by atoms with Crippen molar-refractivity contribution in [3.05, 3.63) is 35.4 Å². The lowest BCUT2D eigenvalue weighted by molar-refractivity contribution is -0.122. The van der Waals surface area contributed by atoms with Gasteiger partial charge in [0.25, 0.3) is 0 Å². The van der Waals surface area contributed by atoms with Crippen molar-refractivity contribution in [2.75, 3.05) is 12.0 Å². The number of rotatable bonds is 5. The predicted molar refractivity (Wildman–Crippen MR) is 83.9 cm³/mol. The Balaban J connectivity index is 1.61. The molecule has 108 valence electrons. The van der Waals surface area contributed by atoms with Crippen LogP contribution in [0.5, 0.6) is 0 Å². The van der Waals surface area contributed by atoms with Gasteiger partial charge in [-0.05, 0) is 48.3 Å². The van der Waals surface area contributed by atoms with E-state index in [1.807, 2.05) is 6.26 Å². The molecule has 0 heterocycles. The van der Waals surface area contributed by atoms with Crippen molar-refractivity contribution >= 4 is 17.7 Å². The molecule has 3 rings (SSSR count). The number of amides is 1. The van der Waals surface area contributed by atoms with E-state index < -0.39 is 0 Å². The maximum absolute atomic E-state index is 12.1. The summed E-state index contributed by atoms with van der Waals surface area (Å²) in [5.41, 5.74) is 8.83. The van der Waals surface area contributed by atoms with Crippen LogP contribution in [0.25, 0.3) is 0 Å². The second-order valence-corrected chi connectivity index (χ2v) is 6.84. The average molecular weight is 290 g/mol. The second kappa shape index (κ2) is 5.78. The van der Waals surface area contributed by atoms with Gasteiger partial charge in [-0.25, -0.2) is 0 Å².